The fourth-order valence-corrected chi connectivity index (χ4v) is 4.04. The van der Waals surface area contributed by atoms with E-state index in [0.717, 1.165) is 16.7 Å². The maximum atomic E-state index is 13.5. The molecule has 11 heteroatoms. The van der Waals surface area contributed by atoms with Crippen LogP contribution in [-0.2, 0) is 12.0 Å². The zero-order chi connectivity index (χ0) is 26.5. The van der Waals surface area contributed by atoms with Gasteiger partial charge in [-0.15, -0.1) is 0 Å². The summed E-state index contributed by atoms with van der Waals surface area (Å²) in [5.74, 6) is 0.0696. The van der Waals surface area contributed by atoms with Crippen LogP contribution in [0.4, 0.5) is 26.3 Å². The second kappa shape index (κ2) is 8.94. The molecule has 1 heterocycles. The Morgan fingerprint density at radius 2 is 1.56 bits per heavy atom. The summed E-state index contributed by atoms with van der Waals surface area (Å²) in [6.07, 6.45) is -12.1. The van der Waals surface area contributed by atoms with E-state index < -0.39 is 29.1 Å². The summed E-state index contributed by atoms with van der Waals surface area (Å²) in [5.41, 5.74) is -6.12. The first kappa shape index (κ1) is 25.7. The lowest BCUT2D eigenvalue weighted by Gasteiger charge is -2.33. The summed E-state index contributed by atoms with van der Waals surface area (Å²) in [6.45, 7) is 1.70. The normalized spacial score (nSPS) is 12.8. The van der Waals surface area contributed by atoms with E-state index in [1.165, 1.54) is 6.07 Å². The zero-order valence-electron chi connectivity index (χ0n) is 18.5. The topological polar surface area (TPSA) is 55.1 Å². The summed E-state index contributed by atoms with van der Waals surface area (Å²) >= 11 is 6.15. The van der Waals surface area contributed by atoms with Gasteiger partial charge in [0.05, 0.1) is 16.6 Å². The lowest BCUT2D eigenvalue weighted by Crippen LogP contribution is -2.54. The number of nitrogens with zero attached hydrogens (tertiary/aromatic N) is 2. The van der Waals surface area contributed by atoms with Crippen LogP contribution in [0.3, 0.4) is 0 Å². The molecule has 0 atom stereocenters. The van der Waals surface area contributed by atoms with E-state index in [2.05, 4.69) is 4.98 Å². The highest BCUT2D eigenvalue weighted by Crippen LogP contribution is 2.50. The molecule has 3 aromatic carbocycles. The molecule has 188 valence electrons. The van der Waals surface area contributed by atoms with Crippen molar-refractivity contribution in [3.05, 3.63) is 105 Å². The van der Waals surface area contributed by atoms with Crippen molar-refractivity contribution < 1.29 is 31.4 Å². The van der Waals surface area contributed by atoms with Crippen molar-refractivity contribution in [2.45, 2.75) is 31.3 Å². The molecule has 0 aliphatic carbocycles. The number of benzene rings is 3. The molecule has 0 radical (unpaired) electrons. The van der Waals surface area contributed by atoms with Gasteiger partial charge in [-0.25, -0.2) is 4.98 Å². The number of aryl methyl sites for hydroxylation is 1. The Morgan fingerprint density at radius 3 is 2.17 bits per heavy atom. The molecule has 0 spiro atoms. The molecule has 0 aliphatic heterocycles. The molecule has 36 heavy (non-hydrogen) atoms. The maximum Gasteiger partial charge on any atom is 0.430 e. The molecule has 0 amide bonds. The first-order valence-corrected chi connectivity index (χ1v) is 10.8. The smallest absolute Gasteiger partial charge is 0.369 e. The fourth-order valence-electron chi connectivity index (χ4n) is 3.88. The zero-order valence-corrected chi connectivity index (χ0v) is 19.2. The van der Waals surface area contributed by atoms with Crippen molar-refractivity contribution in [1.82, 2.24) is 9.55 Å². The van der Waals surface area contributed by atoms with Gasteiger partial charge in [-0.05, 0) is 42.3 Å². The Morgan fingerprint density at radius 1 is 0.917 bits per heavy atom. The Labute approximate surface area is 205 Å². The van der Waals surface area contributed by atoms with Crippen LogP contribution in [0.15, 0.2) is 71.5 Å². The van der Waals surface area contributed by atoms with Gasteiger partial charge < -0.3 is 5.11 Å². The van der Waals surface area contributed by atoms with E-state index in [4.69, 9.17) is 11.6 Å². The third-order valence-corrected chi connectivity index (χ3v) is 6.17. The number of aromatic nitrogens is 2. The standard InChI is InChI=1S/C25H17ClF6N2O2/c1-14-10-20-18(13-19(14)26)22(35)34(21(33-20)11-15-6-3-2-4-7-15)17-9-5-8-16(12-17)23(36,24(27,28)29)25(30,31)32/h2-10,12-13,36H,11H2,1H3. The minimum absolute atomic E-state index is 0.0229. The van der Waals surface area contributed by atoms with E-state index in [0.29, 0.717) is 23.3 Å². The molecule has 0 saturated carbocycles. The molecule has 0 fully saturated rings. The van der Waals surface area contributed by atoms with Crippen LogP contribution in [0.5, 0.6) is 0 Å². The molecule has 4 rings (SSSR count). The quantitative estimate of drug-likeness (QED) is 0.320. The Kier molecular flexibility index (Phi) is 6.38. The number of rotatable bonds is 4. The largest absolute Gasteiger partial charge is 0.430 e. The van der Waals surface area contributed by atoms with Crippen molar-refractivity contribution in [3.63, 3.8) is 0 Å². The summed E-state index contributed by atoms with van der Waals surface area (Å²) in [4.78, 5) is 18.0. The van der Waals surface area contributed by atoms with Gasteiger partial charge in [0.15, 0.2) is 0 Å². The van der Waals surface area contributed by atoms with Crippen LogP contribution in [0.25, 0.3) is 16.6 Å². The van der Waals surface area contributed by atoms with Gasteiger partial charge in [-0.3, -0.25) is 9.36 Å². The number of hydrogen-bond acceptors (Lipinski definition) is 3. The van der Waals surface area contributed by atoms with E-state index in [1.54, 1.807) is 43.3 Å². The van der Waals surface area contributed by atoms with Gasteiger partial charge in [-0.2, -0.15) is 26.3 Å². The predicted octanol–water partition coefficient (Wildman–Crippen LogP) is 6.25. The van der Waals surface area contributed by atoms with Gasteiger partial charge in [-0.1, -0.05) is 54.1 Å². The van der Waals surface area contributed by atoms with Crippen LogP contribution in [0.2, 0.25) is 5.02 Å². The first-order valence-electron chi connectivity index (χ1n) is 10.5. The molecular weight excluding hydrogens is 510 g/mol. The number of aliphatic hydroxyl groups is 1. The van der Waals surface area contributed by atoms with Crippen LogP contribution in [0, 0.1) is 6.92 Å². The molecule has 0 unspecified atom stereocenters. The third kappa shape index (κ3) is 4.35. The van der Waals surface area contributed by atoms with Gasteiger partial charge in [0, 0.05) is 17.0 Å². The highest BCUT2D eigenvalue weighted by atomic mass is 35.5. The number of alkyl halides is 6. The van der Waals surface area contributed by atoms with E-state index in [1.807, 2.05) is 0 Å². The molecule has 0 bridgehead atoms. The SMILES string of the molecule is Cc1cc2nc(Cc3ccccc3)n(-c3cccc(C(O)(C(F)(F)F)C(F)(F)F)c3)c(=O)c2cc1Cl. The second-order valence-corrected chi connectivity index (χ2v) is 8.61. The van der Waals surface area contributed by atoms with Crippen LogP contribution in [0.1, 0.15) is 22.5 Å². The maximum absolute atomic E-state index is 13.5. The van der Waals surface area contributed by atoms with Crippen molar-refractivity contribution in [2.24, 2.45) is 0 Å². The Bertz CT molecular complexity index is 1480. The van der Waals surface area contributed by atoms with E-state index in [9.17, 15) is 36.2 Å². The lowest BCUT2D eigenvalue weighted by atomic mass is 9.92. The first-order chi connectivity index (χ1) is 16.7. The highest BCUT2D eigenvalue weighted by Gasteiger charge is 2.71. The van der Waals surface area contributed by atoms with Crippen LogP contribution in [-0.4, -0.2) is 27.0 Å². The molecule has 4 nitrogen and oxygen atoms in total. The highest BCUT2D eigenvalue weighted by molar-refractivity contribution is 6.32. The molecule has 0 aliphatic rings. The van der Waals surface area contributed by atoms with E-state index in [-0.39, 0.29) is 33.9 Å². The molecule has 1 N–H and O–H groups in total. The fraction of sp³-hybridized carbons (Fsp3) is 0.200. The monoisotopic (exact) mass is 526 g/mol. The lowest BCUT2D eigenvalue weighted by molar-refractivity contribution is -0.376. The number of halogens is 7. The molecule has 4 aromatic rings. The van der Waals surface area contributed by atoms with Crippen molar-refractivity contribution in [3.8, 4) is 5.69 Å². The van der Waals surface area contributed by atoms with Gasteiger partial charge >= 0.3 is 12.4 Å². The summed E-state index contributed by atoms with van der Waals surface area (Å²) in [5, 5.41) is 10.1. The second-order valence-electron chi connectivity index (χ2n) is 8.21. The van der Waals surface area contributed by atoms with Crippen molar-refractivity contribution in [1.29, 1.82) is 0 Å². The average molecular weight is 527 g/mol. The molecule has 0 saturated heterocycles. The molecular formula is C25H17ClF6N2O2. The van der Waals surface area contributed by atoms with Gasteiger partial charge in [0.25, 0.3) is 11.2 Å². The van der Waals surface area contributed by atoms with Gasteiger partial charge in [0.1, 0.15) is 5.82 Å². The van der Waals surface area contributed by atoms with Crippen molar-refractivity contribution in [2.75, 3.05) is 0 Å². The minimum atomic E-state index is -6.08. The number of fused-ring (bicyclic) bond motifs is 1. The third-order valence-electron chi connectivity index (χ3n) is 5.77. The average Bonchev–Trinajstić information content (AvgIpc) is 2.79. The summed E-state index contributed by atoms with van der Waals surface area (Å²) in [7, 11) is 0. The predicted molar refractivity (Wildman–Crippen MR) is 122 cm³/mol. The van der Waals surface area contributed by atoms with Crippen LogP contribution >= 0.6 is 11.6 Å². The summed E-state index contributed by atoms with van der Waals surface area (Å²) < 4.78 is 81.9. The van der Waals surface area contributed by atoms with Crippen molar-refractivity contribution >= 4 is 22.5 Å². The number of hydrogen-bond donors (Lipinski definition) is 1. The van der Waals surface area contributed by atoms with E-state index >= 15 is 0 Å². The Balaban J connectivity index is 2.02. The van der Waals surface area contributed by atoms with Crippen LogP contribution < -0.4 is 5.56 Å². The summed E-state index contributed by atoms with van der Waals surface area (Å²) in [6, 6.07) is 14.7. The Hall–Kier alpha value is -3.37. The van der Waals surface area contributed by atoms with Gasteiger partial charge in [0.2, 0.25) is 0 Å². The molecule has 1 aromatic heterocycles. The minimum Gasteiger partial charge on any atom is -0.369 e.